The Morgan fingerprint density at radius 1 is 1.43 bits per heavy atom. The van der Waals surface area contributed by atoms with Crippen molar-refractivity contribution in [3.05, 3.63) is 36.1 Å². The lowest BCUT2D eigenvalue weighted by atomic mass is 9.95. The number of fused-ring (bicyclic) bond motifs is 3. The van der Waals surface area contributed by atoms with Crippen LogP contribution in [0.3, 0.4) is 0 Å². The summed E-state index contributed by atoms with van der Waals surface area (Å²) in [6, 6.07) is 0.556. The highest BCUT2D eigenvalue weighted by Crippen LogP contribution is 2.39. The monoisotopic (exact) mass is 186 g/mol. The number of rotatable bonds is 0. The highest BCUT2D eigenvalue weighted by atomic mass is 15.2. The van der Waals surface area contributed by atoms with Crippen LogP contribution in [-0.4, -0.2) is 23.2 Å². The molecule has 3 rings (SSSR count). The SMILES string of the molecule is N=C1C=CC2CC3CC=CC=C3N2C1. The smallest absolute Gasteiger partial charge is 0.0598 e. The third-order valence-corrected chi connectivity index (χ3v) is 3.36. The fraction of sp³-hybridized carbons (Fsp3) is 0.417. The molecule has 1 N–H and O–H groups in total. The third-order valence-electron chi connectivity index (χ3n) is 3.36. The summed E-state index contributed by atoms with van der Waals surface area (Å²) in [6.07, 6.45) is 13.2. The van der Waals surface area contributed by atoms with Gasteiger partial charge in [-0.25, -0.2) is 0 Å². The normalized spacial score (nSPS) is 34.1. The number of hydrogen-bond acceptors (Lipinski definition) is 2. The zero-order valence-electron chi connectivity index (χ0n) is 8.11. The molecule has 14 heavy (non-hydrogen) atoms. The summed E-state index contributed by atoms with van der Waals surface area (Å²) in [5, 5.41) is 7.67. The van der Waals surface area contributed by atoms with Gasteiger partial charge in [-0.15, -0.1) is 0 Å². The number of nitrogens with zero attached hydrogens (tertiary/aromatic N) is 1. The molecule has 1 fully saturated rings. The van der Waals surface area contributed by atoms with Crippen molar-refractivity contribution in [1.82, 2.24) is 4.90 Å². The topological polar surface area (TPSA) is 27.1 Å². The van der Waals surface area contributed by atoms with Gasteiger partial charge >= 0.3 is 0 Å². The molecule has 0 saturated carbocycles. The van der Waals surface area contributed by atoms with Crippen LogP contribution < -0.4 is 0 Å². The summed E-state index contributed by atoms with van der Waals surface area (Å²) in [6.45, 7) is 0.803. The van der Waals surface area contributed by atoms with Gasteiger partial charge in [-0.3, -0.25) is 0 Å². The number of hydrogen-bond donors (Lipinski definition) is 1. The Hall–Kier alpha value is -1.31. The molecule has 2 nitrogen and oxygen atoms in total. The first kappa shape index (κ1) is 8.04. The molecule has 2 heteroatoms. The van der Waals surface area contributed by atoms with Crippen molar-refractivity contribution in [2.24, 2.45) is 5.92 Å². The average molecular weight is 186 g/mol. The third kappa shape index (κ3) is 1.07. The Morgan fingerprint density at radius 2 is 2.36 bits per heavy atom. The molecule has 1 aliphatic carbocycles. The maximum absolute atomic E-state index is 7.67. The van der Waals surface area contributed by atoms with Crippen LogP contribution in [0.1, 0.15) is 12.8 Å². The predicted octanol–water partition coefficient (Wildman–Crippen LogP) is 2.11. The van der Waals surface area contributed by atoms with Crippen LogP contribution in [0.15, 0.2) is 36.1 Å². The van der Waals surface area contributed by atoms with Gasteiger partial charge in [0.25, 0.3) is 0 Å². The van der Waals surface area contributed by atoms with E-state index in [2.05, 4.69) is 29.2 Å². The predicted molar refractivity (Wildman–Crippen MR) is 57.3 cm³/mol. The molecule has 2 atom stereocenters. The molecule has 0 aromatic rings. The standard InChI is InChI=1S/C12H14N2/c13-10-5-6-11-7-9-3-1-2-4-12(9)14(11)8-10/h1-2,4-6,9,11,13H,3,7-8H2. The Balaban J connectivity index is 1.96. The van der Waals surface area contributed by atoms with E-state index in [-0.39, 0.29) is 0 Å². The summed E-state index contributed by atoms with van der Waals surface area (Å²) in [4.78, 5) is 2.39. The van der Waals surface area contributed by atoms with Crippen molar-refractivity contribution >= 4 is 5.71 Å². The van der Waals surface area contributed by atoms with Gasteiger partial charge in [0.2, 0.25) is 0 Å². The molecule has 0 aromatic carbocycles. The molecule has 0 amide bonds. The van der Waals surface area contributed by atoms with Crippen molar-refractivity contribution in [3.8, 4) is 0 Å². The molecular weight excluding hydrogens is 172 g/mol. The van der Waals surface area contributed by atoms with E-state index in [1.54, 1.807) is 0 Å². The Labute approximate surface area is 84.1 Å². The first-order chi connectivity index (χ1) is 6.84. The van der Waals surface area contributed by atoms with E-state index in [4.69, 9.17) is 5.41 Å². The second kappa shape index (κ2) is 2.84. The van der Waals surface area contributed by atoms with Crippen molar-refractivity contribution in [3.63, 3.8) is 0 Å². The van der Waals surface area contributed by atoms with E-state index in [9.17, 15) is 0 Å². The summed E-state index contributed by atoms with van der Waals surface area (Å²) in [5.74, 6) is 0.709. The van der Waals surface area contributed by atoms with Gasteiger partial charge in [0.05, 0.1) is 12.3 Å². The van der Waals surface area contributed by atoms with Gasteiger partial charge in [0, 0.05) is 17.7 Å². The Bertz CT molecular complexity index is 363. The molecule has 2 unspecified atom stereocenters. The van der Waals surface area contributed by atoms with Crippen LogP contribution in [0.25, 0.3) is 0 Å². The van der Waals surface area contributed by atoms with Crippen LogP contribution in [0.5, 0.6) is 0 Å². The summed E-state index contributed by atoms with van der Waals surface area (Å²) >= 11 is 0. The Morgan fingerprint density at radius 3 is 3.29 bits per heavy atom. The van der Waals surface area contributed by atoms with E-state index in [1.165, 1.54) is 18.5 Å². The van der Waals surface area contributed by atoms with Crippen molar-refractivity contribution in [1.29, 1.82) is 5.41 Å². The second-order valence-electron chi connectivity index (χ2n) is 4.27. The maximum atomic E-state index is 7.67. The zero-order valence-corrected chi connectivity index (χ0v) is 8.11. The van der Waals surface area contributed by atoms with E-state index >= 15 is 0 Å². The summed E-state index contributed by atoms with van der Waals surface area (Å²) < 4.78 is 0. The van der Waals surface area contributed by atoms with Gasteiger partial charge < -0.3 is 10.3 Å². The summed E-state index contributed by atoms with van der Waals surface area (Å²) in [5.41, 5.74) is 2.18. The van der Waals surface area contributed by atoms with Gasteiger partial charge in [-0.05, 0) is 25.0 Å². The van der Waals surface area contributed by atoms with E-state index in [1.807, 2.05) is 6.08 Å². The molecule has 2 heterocycles. The van der Waals surface area contributed by atoms with Crippen LogP contribution in [0.4, 0.5) is 0 Å². The minimum absolute atomic E-state index is 0.556. The van der Waals surface area contributed by atoms with Crippen LogP contribution in [-0.2, 0) is 0 Å². The molecule has 0 aromatic heterocycles. The second-order valence-corrected chi connectivity index (χ2v) is 4.27. The number of allylic oxidation sites excluding steroid dienone is 4. The van der Waals surface area contributed by atoms with Crippen molar-refractivity contribution < 1.29 is 0 Å². The van der Waals surface area contributed by atoms with Gasteiger partial charge in [0.1, 0.15) is 0 Å². The minimum atomic E-state index is 0.556. The van der Waals surface area contributed by atoms with Crippen molar-refractivity contribution in [2.45, 2.75) is 18.9 Å². The molecule has 1 saturated heterocycles. The van der Waals surface area contributed by atoms with Gasteiger partial charge in [-0.2, -0.15) is 0 Å². The lowest BCUT2D eigenvalue weighted by molar-refractivity contribution is 0.374. The lowest BCUT2D eigenvalue weighted by Crippen LogP contribution is -2.34. The highest BCUT2D eigenvalue weighted by molar-refractivity contribution is 5.95. The van der Waals surface area contributed by atoms with E-state index in [0.29, 0.717) is 12.0 Å². The molecule has 3 aliphatic rings. The molecule has 0 spiro atoms. The fourth-order valence-corrected chi connectivity index (χ4v) is 2.68. The summed E-state index contributed by atoms with van der Waals surface area (Å²) in [7, 11) is 0. The first-order valence-corrected chi connectivity index (χ1v) is 5.23. The maximum Gasteiger partial charge on any atom is 0.0598 e. The molecule has 0 radical (unpaired) electrons. The Kier molecular flexibility index (Phi) is 1.63. The molecule has 2 aliphatic heterocycles. The van der Waals surface area contributed by atoms with Gasteiger partial charge in [-0.1, -0.05) is 18.2 Å². The van der Waals surface area contributed by atoms with Crippen LogP contribution in [0.2, 0.25) is 0 Å². The quantitative estimate of drug-likeness (QED) is 0.616. The number of nitrogens with one attached hydrogen (secondary N) is 1. The first-order valence-electron chi connectivity index (χ1n) is 5.23. The minimum Gasteiger partial charge on any atom is -0.362 e. The highest BCUT2D eigenvalue weighted by Gasteiger charge is 2.36. The van der Waals surface area contributed by atoms with E-state index < -0.39 is 0 Å². The van der Waals surface area contributed by atoms with Crippen LogP contribution >= 0.6 is 0 Å². The van der Waals surface area contributed by atoms with Crippen molar-refractivity contribution in [2.75, 3.05) is 6.54 Å². The zero-order chi connectivity index (χ0) is 9.54. The molecular formula is C12H14N2. The average Bonchev–Trinajstić information content (AvgIpc) is 2.56. The fourth-order valence-electron chi connectivity index (χ4n) is 2.68. The van der Waals surface area contributed by atoms with Gasteiger partial charge in [0.15, 0.2) is 0 Å². The van der Waals surface area contributed by atoms with Crippen LogP contribution in [0, 0.1) is 11.3 Å². The molecule has 72 valence electrons. The largest absolute Gasteiger partial charge is 0.362 e. The molecule has 0 bridgehead atoms. The van der Waals surface area contributed by atoms with E-state index in [0.717, 1.165) is 12.3 Å². The lowest BCUT2D eigenvalue weighted by Gasteiger charge is -2.29.